The summed E-state index contributed by atoms with van der Waals surface area (Å²) < 4.78 is 8.07. The Morgan fingerprint density at radius 2 is 2.25 bits per heavy atom. The summed E-state index contributed by atoms with van der Waals surface area (Å²) >= 11 is 7.37. The SMILES string of the molecule is O=c1c(Cl)nsnc1Sc1cccc[n+]1[O-]. The van der Waals surface area contributed by atoms with E-state index in [0.717, 1.165) is 23.5 Å². The molecule has 0 aliphatic heterocycles. The molecule has 2 aromatic heterocycles. The predicted molar refractivity (Wildman–Crippen MR) is 60.7 cm³/mol. The van der Waals surface area contributed by atoms with Gasteiger partial charge in [0, 0.05) is 23.9 Å². The van der Waals surface area contributed by atoms with Gasteiger partial charge in [0.1, 0.15) is 0 Å². The Balaban J connectivity index is 2.39. The van der Waals surface area contributed by atoms with E-state index >= 15 is 0 Å². The van der Waals surface area contributed by atoms with Gasteiger partial charge in [0.2, 0.25) is 0 Å². The summed E-state index contributed by atoms with van der Waals surface area (Å²) in [4.78, 5) is 11.5. The van der Waals surface area contributed by atoms with E-state index in [1.807, 2.05) is 0 Å². The van der Waals surface area contributed by atoms with Crippen LogP contribution in [-0.4, -0.2) is 8.75 Å². The lowest BCUT2D eigenvalue weighted by atomic mass is 10.5. The largest absolute Gasteiger partial charge is 0.618 e. The smallest absolute Gasteiger partial charge is 0.257 e. The Morgan fingerprint density at radius 3 is 3.00 bits per heavy atom. The van der Waals surface area contributed by atoms with Gasteiger partial charge >= 0.3 is 0 Å². The minimum Gasteiger partial charge on any atom is -0.618 e. The molecule has 0 atom stereocenters. The molecule has 0 amide bonds. The lowest BCUT2D eigenvalue weighted by Gasteiger charge is -2.01. The Bertz CT molecular complexity index is 575. The summed E-state index contributed by atoms with van der Waals surface area (Å²) in [5, 5.41) is 11.7. The van der Waals surface area contributed by atoms with Crippen LogP contribution in [-0.2, 0) is 0 Å². The van der Waals surface area contributed by atoms with Crippen molar-refractivity contribution in [3.8, 4) is 0 Å². The van der Waals surface area contributed by atoms with Gasteiger partial charge in [-0.25, -0.2) is 0 Å². The first kappa shape index (κ1) is 11.3. The zero-order valence-corrected chi connectivity index (χ0v) is 10.1. The fraction of sp³-hybridized carbons (Fsp3) is 0. The number of hydrogen-bond donors (Lipinski definition) is 0. The molecule has 0 spiro atoms. The molecular formula is C8H4ClN3O2S2. The summed E-state index contributed by atoms with van der Waals surface area (Å²) in [5.74, 6) is 0. The van der Waals surface area contributed by atoms with Gasteiger partial charge in [-0.2, -0.15) is 13.5 Å². The summed E-state index contributed by atoms with van der Waals surface area (Å²) in [6, 6.07) is 4.90. The van der Waals surface area contributed by atoms with Crippen molar-refractivity contribution in [1.29, 1.82) is 0 Å². The van der Waals surface area contributed by atoms with Gasteiger partial charge < -0.3 is 5.21 Å². The minimum absolute atomic E-state index is 0.129. The molecule has 0 fully saturated rings. The lowest BCUT2D eigenvalue weighted by Crippen LogP contribution is -2.28. The fourth-order valence-corrected chi connectivity index (χ4v) is 2.44. The van der Waals surface area contributed by atoms with E-state index < -0.39 is 5.43 Å². The normalized spacial score (nSPS) is 10.3. The molecule has 0 unspecified atom stereocenters. The second-order valence-corrected chi connectivity index (χ2v) is 4.55. The van der Waals surface area contributed by atoms with Gasteiger partial charge in [-0.1, -0.05) is 11.6 Å². The number of aromatic nitrogens is 3. The summed E-state index contributed by atoms with van der Waals surface area (Å²) in [5.41, 5.74) is -0.464. The van der Waals surface area contributed by atoms with Gasteiger partial charge in [-0.15, -0.1) is 0 Å². The van der Waals surface area contributed by atoms with Gasteiger partial charge in [0.15, 0.2) is 16.4 Å². The van der Waals surface area contributed by atoms with Crippen molar-refractivity contribution in [3.63, 3.8) is 0 Å². The van der Waals surface area contributed by atoms with E-state index in [-0.39, 0.29) is 10.2 Å². The molecule has 0 aliphatic carbocycles. The first-order chi connectivity index (χ1) is 7.68. The summed E-state index contributed by atoms with van der Waals surface area (Å²) in [7, 11) is 0. The van der Waals surface area contributed by atoms with E-state index in [1.165, 1.54) is 6.20 Å². The van der Waals surface area contributed by atoms with Gasteiger partial charge in [0.05, 0.1) is 11.7 Å². The van der Waals surface area contributed by atoms with Crippen LogP contribution in [0.1, 0.15) is 0 Å². The number of hydrogen-bond acceptors (Lipinski definition) is 6. The number of halogens is 1. The van der Waals surface area contributed by atoms with Gasteiger partial charge in [-0.3, -0.25) is 4.79 Å². The second kappa shape index (κ2) is 4.77. The molecule has 0 aromatic carbocycles. The van der Waals surface area contributed by atoms with E-state index in [4.69, 9.17) is 11.6 Å². The summed E-state index contributed by atoms with van der Waals surface area (Å²) in [6.07, 6.45) is 1.35. The molecule has 2 heterocycles. The molecular weight excluding hydrogens is 270 g/mol. The average Bonchev–Trinajstić information content (AvgIpc) is 2.28. The van der Waals surface area contributed by atoms with E-state index in [9.17, 15) is 10.0 Å². The van der Waals surface area contributed by atoms with Crippen LogP contribution in [0.15, 0.2) is 39.2 Å². The van der Waals surface area contributed by atoms with Crippen molar-refractivity contribution in [1.82, 2.24) is 8.75 Å². The third-order valence-corrected chi connectivity index (χ3v) is 3.61. The van der Waals surface area contributed by atoms with Crippen LogP contribution >= 0.6 is 35.1 Å². The van der Waals surface area contributed by atoms with Crippen molar-refractivity contribution in [3.05, 3.63) is 45.0 Å². The molecule has 82 valence electrons. The van der Waals surface area contributed by atoms with Crippen LogP contribution < -0.4 is 10.2 Å². The minimum atomic E-state index is -0.464. The van der Waals surface area contributed by atoms with E-state index in [1.54, 1.807) is 18.2 Å². The highest BCUT2D eigenvalue weighted by Crippen LogP contribution is 2.20. The Kier molecular flexibility index (Phi) is 3.37. The first-order valence-electron chi connectivity index (χ1n) is 4.07. The van der Waals surface area contributed by atoms with Crippen LogP contribution in [0.5, 0.6) is 0 Å². The topological polar surface area (TPSA) is 69.8 Å². The zero-order chi connectivity index (χ0) is 11.5. The van der Waals surface area contributed by atoms with E-state index in [2.05, 4.69) is 8.75 Å². The quantitative estimate of drug-likeness (QED) is 0.610. The standard InChI is InChI=1S/C8H4ClN3O2S2/c9-7-6(13)8(11-16-10-7)15-5-3-1-2-4-12(5)14/h1-4H. The van der Waals surface area contributed by atoms with Crippen molar-refractivity contribution in [2.45, 2.75) is 10.1 Å². The molecule has 0 N–H and O–H groups in total. The maximum Gasteiger partial charge on any atom is 0.257 e. The molecule has 0 aliphatic rings. The Hall–Kier alpha value is -1.18. The van der Waals surface area contributed by atoms with Crippen LogP contribution in [0.3, 0.4) is 0 Å². The first-order valence-corrected chi connectivity index (χ1v) is 5.99. The van der Waals surface area contributed by atoms with Crippen molar-refractivity contribution in [2.24, 2.45) is 0 Å². The molecule has 0 saturated heterocycles. The van der Waals surface area contributed by atoms with E-state index in [0.29, 0.717) is 9.76 Å². The van der Waals surface area contributed by atoms with Crippen LogP contribution in [0, 0.1) is 5.21 Å². The van der Waals surface area contributed by atoms with Crippen LogP contribution in [0.4, 0.5) is 0 Å². The molecule has 8 heteroatoms. The maximum atomic E-state index is 11.5. The molecule has 0 bridgehead atoms. The molecule has 16 heavy (non-hydrogen) atoms. The van der Waals surface area contributed by atoms with Crippen molar-refractivity contribution in [2.75, 3.05) is 0 Å². The third-order valence-electron chi connectivity index (χ3n) is 1.62. The number of nitrogens with zero attached hydrogens (tertiary/aromatic N) is 3. The highest BCUT2D eigenvalue weighted by molar-refractivity contribution is 7.99. The predicted octanol–water partition coefficient (Wildman–Crippen LogP) is 1.34. The molecule has 0 saturated carbocycles. The van der Waals surface area contributed by atoms with Gasteiger partial charge in [-0.05, 0) is 6.07 Å². The fourth-order valence-electron chi connectivity index (χ4n) is 0.920. The monoisotopic (exact) mass is 273 g/mol. The highest BCUT2D eigenvalue weighted by Gasteiger charge is 2.13. The van der Waals surface area contributed by atoms with Crippen molar-refractivity contribution >= 4 is 35.1 Å². The van der Waals surface area contributed by atoms with Gasteiger partial charge in [0.25, 0.3) is 10.5 Å². The Labute approximate surface area is 104 Å². The second-order valence-electron chi connectivity index (χ2n) is 2.66. The highest BCUT2D eigenvalue weighted by atomic mass is 35.5. The zero-order valence-electron chi connectivity index (χ0n) is 7.66. The Morgan fingerprint density at radius 1 is 1.44 bits per heavy atom. The van der Waals surface area contributed by atoms with Crippen molar-refractivity contribution < 1.29 is 4.73 Å². The molecule has 5 nitrogen and oxygen atoms in total. The summed E-state index contributed by atoms with van der Waals surface area (Å²) in [6.45, 7) is 0. The molecule has 2 aromatic rings. The number of pyridine rings is 1. The lowest BCUT2D eigenvalue weighted by molar-refractivity contribution is -0.645. The van der Waals surface area contributed by atoms with Crippen LogP contribution in [0.25, 0.3) is 0 Å². The van der Waals surface area contributed by atoms with Crippen LogP contribution in [0.2, 0.25) is 5.15 Å². The average molecular weight is 274 g/mol. The molecule has 0 radical (unpaired) electrons. The number of rotatable bonds is 2. The maximum absolute atomic E-state index is 11.5. The third kappa shape index (κ3) is 2.31. The molecule has 2 rings (SSSR count).